The van der Waals surface area contributed by atoms with Gasteiger partial charge in [0.1, 0.15) is 0 Å². The highest BCUT2D eigenvalue weighted by Gasteiger charge is 2.25. The Hall–Kier alpha value is -0.940. The molecule has 1 aliphatic rings. The van der Waals surface area contributed by atoms with E-state index in [2.05, 4.69) is 15.2 Å². The van der Waals surface area contributed by atoms with E-state index in [4.69, 9.17) is 0 Å². The Kier molecular flexibility index (Phi) is 3.33. The molecule has 0 aliphatic carbocycles. The van der Waals surface area contributed by atoms with Gasteiger partial charge in [-0.25, -0.2) is 4.98 Å². The summed E-state index contributed by atoms with van der Waals surface area (Å²) < 4.78 is 0. The molecule has 2 rings (SSSR count). The third-order valence-electron chi connectivity index (χ3n) is 2.74. The summed E-state index contributed by atoms with van der Waals surface area (Å²) in [6, 6.07) is 0.0163. The van der Waals surface area contributed by atoms with E-state index in [1.165, 1.54) is 17.8 Å². The molecule has 1 N–H and O–H groups in total. The number of nitrogens with one attached hydrogen (secondary N) is 1. The molecule has 1 fully saturated rings. The van der Waals surface area contributed by atoms with Gasteiger partial charge < -0.3 is 5.32 Å². The first-order chi connectivity index (χ1) is 7.27. The summed E-state index contributed by atoms with van der Waals surface area (Å²) in [5, 5.41) is 5.40. The van der Waals surface area contributed by atoms with Crippen LogP contribution in [-0.2, 0) is 4.79 Å². The highest BCUT2D eigenvalue weighted by molar-refractivity contribution is 7.13. The number of hydrogen-bond donors (Lipinski definition) is 1. The smallest absolute Gasteiger partial charge is 0.243 e. The maximum absolute atomic E-state index is 11.9. The van der Waals surface area contributed by atoms with Gasteiger partial charge in [-0.3, -0.25) is 9.69 Å². The van der Waals surface area contributed by atoms with Crippen LogP contribution in [0.5, 0.6) is 0 Å². The molecule has 1 aromatic heterocycles. The average molecular weight is 225 g/mol. The lowest BCUT2D eigenvalue weighted by atomic mass is 10.0. The number of thiazole rings is 1. The normalized spacial score (nSPS) is 22.6. The minimum Gasteiger partial charge on any atom is -0.301 e. The minimum atomic E-state index is 0.0163. The Morgan fingerprint density at radius 3 is 3.20 bits per heavy atom. The monoisotopic (exact) mass is 225 g/mol. The highest BCUT2D eigenvalue weighted by atomic mass is 32.1. The number of anilines is 1. The second kappa shape index (κ2) is 4.72. The van der Waals surface area contributed by atoms with E-state index >= 15 is 0 Å². The zero-order chi connectivity index (χ0) is 10.7. The van der Waals surface area contributed by atoms with Crippen molar-refractivity contribution in [2.45, 2.75) is 25.3 Å². The van der Waals surface area contributed by atoms with Crippen LogP contribution in [-0.4, -0.2) is 35.4 Å². The van der Waals surface area contributed by atoms with Gasteiger partial charge in [0.2, 0.25) is 5.91 Å². The number of carbonyl (C=O) groups is 1. The van der Waals surface area contributed by atoms with Gasteiger partial charge >= 0.3 is 0 Å². The maximum atomic E-state index is 11.9. The first kappa shape index (κ1) is 10.6. The van der Waals surface area contributed by atoms with E-state index in [-0.39, 0.29) is 11.9 Å². The van der Waals surface area contributed by atoms with Crippen molar-refractivity contribution in [2.24, 2.45) is 0 Å². The lowest BCUT2D eigenvalue weighted by molar-refractivity contribution is -0.121. The van der Waals surface area contributed by atoms with Gasteiger partial charge in [-0.2, -0.15) is 0 Å². The molecule has 0 aromatic carbocycles. The third kappa shape index (κ3) is 2.54. The van der Waals surface area contributed by atoms with Crippen molar-refractivity contribution in [3.05, 3.63) is 11.6 Å². The summed E-state index contributed by atoms with van der Waals surface area (Å²) in [4.78, 5) is 18.1. The van der Waals surface area contributed by atoms with Crippen molar-refractivity contribution >= 4 is 22.4 Å². The Morgan fingerprint density at radius 2 is 2.53 bits per heavy atom. The van der Waals surface area contributed by atoms with Crippen molar-refractivity contribution in [3.8, 4) is 0 Å². The highest BCUT2D eigenvalue weighted by Crippen LogP contribution is 2.17. The van der Waals surface area contributed by atoms with Crippen LogP contribution in [0.3, 0.4) is 0 Å². The molecule has 15 heavy (non-hydrogen) atoms. The topological polar surface area (TPSA) is 45.2 Å². The molecule has 1 unspecified atom stereocenters. The van der Waals surface area contributed by atoms with Gasteiger partial charge in [-0.15, -0.1) is 11.3 Å². The predicted molar refractivity (Wildman–Crippen MR) is 61.0 cm³/mol. The summed E-state index contributed by atoms with van der Waals surface area (Å²) in [7, 11) is 2.01. The molecule has 5 heteroatoms. The molecule has 1 amide bonds. The molecule has 1 aliphatic heterocycles. The molecule has 1 saturated heterocycles. The number of rotatable bonds is 2. The maximum Gasteiger partial charge on any atom is 0.243 e. The Morgan fingerprint density at radius 1 is 1.67 bits per heavy atom. The van der Waals surface area contributed by atoms with Gasteiger partial charge in [0.15, 0.2) is 5.13 Å². The van der Waals surface area contributed by atoms with Crippen molar-refractivity contribution in [1.29, 1.82) is 0 Å². The van der Waals surface area contributed by atoms with Crippen LogP contribution in [0.25, 0.3) is 0 Å². The summed E-state index contributed by atoms with van der Waals surface area (Å²) >= 11 is 1.45. The van der Waals surface area contributed by atoms with Crippen LogP contribution in [0.4, 0.5) is 5.13 Å². The molecule has 0 saturated carbocycles. The first-order valence-electron chi connectivity index (χ1n) is 5.18. The van der Waals surface area contributed by atoms with Crippen LogP contribution < -0.4 is 5.32 Å². The van der Waals surface area contributed by atoms with E-state index in [1.54, 1.807) is 6.20 Å². The molecule has 0 spiro atoms. The van der Waals surface area contributed by atoms with Crippen LogP contribution in [0, 0.1) is 0 Å². The largest absolute Gasteiger partial charge is 0.301 e. The number of piperidine rings is 1. The molecule has 0 bridgehead atoms. The van der Waals surface area contributed by atoms with Crippen LogP contribution in [0.15, 0.2) is 11.6 Å². The molecule has 2 heterocycles. The fourth-order valence-corrected chi connectivity index (χ4v) is 2.41. The number of amides is 1. The molecule has 1 aromatic rings. The molecule has 4 nitrogen and oxygen atoms in total. The lowest BCUT2D eigenvalue weighted by Gasteiger charge is -2.30. The van der Waals surface area contributed by atoms with Crippen molar-refractivity contribution in [3.63, 3.8) is 0 Å². The second-order valence-electron chi connectivity index (χ2n) is 3.82. The van der Waals surface area contributed by atoms with Crippen LogP contribution in [0.1, 0.15) is 19.3 Å². The molecular weight excluding hydrogens is 210 g/mol. The first-order valence-corrected chi connectivity index (χ1v) is 6.06. The number of nitrogens with zero attached hydrogens (tertiary/aromatic N) is 2. The number of likely N-dealkylation sites (N-methyl/N-ethyl adjacent to an activating group) is 1. The van der Waals surface area contributed by atoms with E-state index < -0.39 is 0 Å². The van der Waals surface area contributed by atoms with E-state index in [9.17, 15) is 4.79 Å². The molecule has 0 radical (unpaired) electrons. The van der Waals surface area contributed by atoms with E-state index in [0.29, 0.717) is 5.13 Å². The van der Waals surface area contributed by atoms with Gasteiger partial charge in [0.25, 0.3) is 0 Å². The van der Waals surface area contributed by atoms with Gasteiger partial charge in [-0.05, 0) is 26.4 Å². The Labute approximate surface area is 93.3 Å². The fraction of sp³-hybridized carbons (Fsp3) is 0.600. The predicted octanol–water partition coefficient (Wildman–Crippen LogP) is 1.57. The summed E-state index contributed by atoms with van der Waals surface area (Å²) in [5.74, 6) is 0.0761. The number of aromatic nitrogens is 1. The third-order valence-corrected chi connectivity index (χ3v) is 3.42. The Balaban J connectivity index is 1.95. The van der Waals surface area contributed by atoms with Crippen molar-refractivity contribution in [2.75, 3.05) is 18.9 Å². The van der Waals surface area contributed by atoms with Crippen molar-refractivity contribution < 1.29 is 4.79 Å². The lowest BCUT2D eigenvalue weighted by Crippen LogP contribution is -2.44. The summed E-state index contributed by atoms with van der Waals surface area (Å²) in [5.41, 5.74) is 0. The average Bonchev–Trinajstić information content (AvgIpc) is 2.71. The Bertz CT molecular complexity index is 325. The number of likely N-dealkylation sites (tertiary alicyclic amines) is 1. The zero-order valence-corrected chi connectivity index (χ0v) is 9.59. The van der Waals surface area contributed by atoms with Crippen LogP contribution in [0.2, 0.25) is 0 Å². The SMILES string of the molecule is CN1CCCCC1C(=O)Nc1nccs1. The van der Waals surface area contributed by atoms with Gasteiger partial charge in [0, 0.05) is 11.6 Å². The van der Waals surface area contributed by atoms with Crippen molar-refractivity contribution in [1.82, 2.24) is 9.88 Å². The molecule has 1 atom stereocenters. The number of hydrogen-bond acceptors (Lipinski definition) is 4. The molecular formula is C10H15N3OS. The molecule has 82 valence electrons. The number of carbonyl (C=O) groups excluding carboxylic acids is 1. The quantitative estimate of drug-likeness (QED) is 0.831. The standard InChI is InChI=1S/C10H15N3OS/c1-13-6-3-2-4-8(13)9(14)12-10-11-5-7-15-10/h5,7-8H,2-4,6H2,1H3,(H,11,12,14). The second-order valence-corrected chi connectivity index (χ2v) is 4.71. The van der Waals surface area contributed by atoms with E-state index in [0.717, 1.165) is 19.4 Å². The minimum absolute atomic E-state index is 0.0163. The summed E-state index contributed by atoms with van der Waals surface area (Å²) in [6.45, 7) is 1.01. The van der Waals surface area contributed by atoms with E-state index in [1.807, 2.05) is 12.4 Å². The summed E-state index contributed by atoms with van der Waals surface area (Å²) in [6.07, 6.45) is 4.98. The van der Waals surface area contributed by atoms with Crippen LogP contribution >= 0.6 is 11.3 Å². The van der Waals surface area contributed by atoms with Gasteiger partial charge in [-0.1, -0.05) is 6.42 Å². The fourth-order valence-electron chi connectivity index (χ4n) is 1.88. The zero-order valence-electron chi connectivity index (χ0n) is 8.77. The van der Waals surface area contributed by atoms with Gasteiger partial charge in [0.05, 0.1) is 6.04 Å².